The number of hydrogen-bond donors (Lipinski definition) is 0. The van der Waals surface area contributed by atoms with Crippen molar-refractivity contribution in [3.05, 3.63) is 108 Å². The fraction of sp³-hybridized carbons (Fsp3) is 0.280. The van der Waals surface area contributed by atoms with Crippen molar-refractivity contribution < 1.29 is 32.8 Å². The van der Waals surface area contributed by atoms with Crippen molar-refractivity contribution in [2.45, 2.75) is 91.5 Å². The van der Waals surface area contributed by atoms with E-state index in [2.05, 4.69) is 32.4 Å². The van der Waals surface area contributed by atoms with Crippen LogP contribution in [-0.4, -0.2) is 53.6 Å². The van der Waals surface area contributed by atoms with Crippen LogP contribution < -0.4 is 9.47 Å². The molecule has 8 aromatic rings. The van der Waals surface area contributed by atoms with Gasteiger partial charge in [-0.3, -0.25) is 9.59 Å². The lowest BCUT2D eigenvalue weighted by Crippen LogP contribution is -2.13. The summed E-state index contributed by atoms with van der Waals surface area (Å²) < 4.78 is 32.3. The lowest BCUT2D eigenvalue weighted by molar-refractivity contribution is -0.159. The van der Waals surface area contributed by atoms with Crippen LogP contribution in [0.4, 0.5) is 0 Å². The number of aromatic nitrogens is 6. The minimum absolute atomic E-state index is 0.0263. The van der Waals surface area contributed by atoms with Gasteiger partial charge in [0.15, 0.2) is 0 Å². The number of esters is 2. The molecule has 2 atom stereocenters. The van der Waals surface area contributed by atoms with Gasteiger partial charge in [-0.2, -0.15) is 20.5 Å². The third-order valence-corrected chi connectivity index (χ3v) is 11.2. The first-order valence-corrected chi connectivity index (χ1v) is 21.7. The molecule has 0 spiro atoms. The standard InChI is InChI=1S/C50H46N8O7/c1-5-31(3)61-43-19-17-33(27-35(43)29-51)49-53-47(55-64-49)39-11-7-13-41-37(39)21-25-57(41)23-9-15-45(59)63-46(60)16-10-24-58-26-22-38-40(12-8-14-42(38)58)48-54-50(65-56-48)34-18-20-44(36(28-34)30-52)62-32(4)6-2/h7-8,11-14,17-22,25-28,31-32H,5-6,9-10,15-16,23-24H2,1-4H3/t31-,32+. The van der Waals surface area contributed by atoms with Gasteiger partial charge in [0.05, 0.1) is 23.3 Å². The number of carbonyl (C=O) groups excluding carboxylic acids is 2. The molecule has 8 rings (SSSR count). The maximum absolute atomic E-state index is 12.7. The third kappa shape index (κ3) is 9.65. The Morgan fingerprint density at radius 3 is 1.51 bits per heavy atom. The molecule has 4 aromatic carbocycles. The Balaban J connectivity index is 0.826. The summed E-state index contributed by atoms with van der Waals surface area (Å²) in [7, 11) is 0. The zero-order valence-corrected chi connectivity index (χ0v) is 36.5. The number of fused-ring (bicyclic) bond motifs is 2. The van der Waals surface area contributed by atoms with Crippen molar-refractivity contribution in [1.82, 2.24) is 29.4 Å². The van der Waals surface area contributed by atoms with Crippen molar-refractivity contribution in [1.29, 1.82) is 10.5 Å². The molecule has 0 saturated carbocycles. The van der Waals surface area contributed by atoms with E-state index >= 15 is 0 Å². The summed E-state index contributed by atoms with van der Waals surface area (Å²) in [5.74, 6) is 1.25. The monoisotopic (exact) mass is 870 g/mol. The molecular formula is C50H46N8O7. The number of nitrogens with zero attached hydrogens (tertiary/aromatic N) is 8. The van der Waals surface area contributed by atoms with Gasteiger partial charge in [-0.25, -0.2) is 0 Å². The highest BCUT2D eigenvalue weighted by Gasteiger charge is 2.20. The SMILES string of the molecule is CC[C@@H](C)Oc1ccc(-c2nc(-c3cccc4c3ccn4CCCC(=O)OC(=O)CCCn3ccc4c(-c5noc(-c6ccc(O[C@@H](C)CC)c(C#N)c6)n5)cccc43)no2)cc1C#N. The Kier molecular flexibility index (Phi) is 13.1. The minimum Gasteiger partial charge on any atom is -0.489 e. The smallest absolute Gasteiger partial charge is 0.313 e. The van der Waals surface area contributed by atoms with Gasteiger partial charge in [-0.1, -0.05) is 48.4 Å². The summed E-state index contributed by atoms with van der Waals surface area (Å²) >= 11 is 0. The van der Waals surface area contributed by atoms with Gasteiger partial charge < -0.3 is 32.4 Å². The highest BCUT2D eigenvalue weighted by Crippen LogP contribution is 2.34. The molecule has 15 nitrogen and oxygen atoms in total. The fourth-order valence-corrected chi connectivity index (χ4v) is 7.45. The van der Waals surface area contributed by atoms with E-state index in [-0.39, 0.29) is 36.8 Å². The van der Waals surface area contributed by atoms with Gasteiger partial charge >= 0.3 is 11.9 Å². The van der Waals surface area contributed by atoms with E-state index in [0.29, 0.717) is 71.3 Å². The summed E-state index contributed by atoms with van der Waals surface area (Å²) in [6.07, 6.45) is 6.52. The second kappa shape index (κ2) is 19.6. The lowest BCUT2D eigenvalue weighted by atomic mass is 10.1. The van der Waals surface area contributed by atoms with Gasteiger partial charge in [-0.05, 0) is 100 Å². The summed E-state index contributed by atoms with van der Waals surface area (Å²) in [6.45, 7) is 8.98. The normalized spacial score (nSPS) is 12.2. The molecule has 0 radical (unpaired) electrons. The number of hydrogen-bond acceptors (Lipinski definition) is 13. The molecule has 0 bridgehead atoms. The van der Waals surface area contributed by atoms with Gasteiger partial charge in [-0.15, -0.1) is 0 Å². The van der Waals surface area contributed by atoms with E-state index in [4.69, 9.17) is 23.3 Å². The van der Waals surface area contributed by atoms with E-state index < -0.39 is 11.9 Å². The maximum Gasteiger partial charge on any atom is 0.313 e. The number of carbonyl (C=O) groups is 2. The lowest BCUT2D eigenvalue weighted by Gasteiger charge is -2.13. The zero-order chi connectivity index (χ0) is 45.5. The molecule has 0 aliphatic rings. The van der Waals surface area contributed by atoms with Crippen LogP contribution in [0.2, 0.25) is 0 Å². The van der Waals surface area contributed by atoms with Crippen molar-refractivity contribution in [2.75, 3.05) is 0 Å². The summed E-state index contributed by atoms with van der Waals surface area (Å²) in [4.78, 5) is 34.7. The maximum atomic E-state index is 12.7. The van der Waals surface area contributed by atoms with E-state index in [1.54, 1.807) is 36.4 Å². The van der Waals surface area contributed by atoms with Crippen LogP contribution in [0.3, 0.4) is 0 Å². The predicted molar refractivity (Wildman–Crippen MR) is 241 cm³/mol. The molecule has 328 valence electrons. The fourth-order valence-electron chi connectivity index (χ4n) is 7.45. The highest BCUT2D eigenvalue weighted by molar-refractivity contribution is 5.95. The number of rotatable bonds is 18. The molecule has 0 fully saturated rings. The quantitative estimate of drug-likeness (QED) is 0.0584. The van der Waals surface area contributed by atoms with E-state index in [1.165, 1.54) is 0 Å². The van der Waals surface area contributed by atoms with Crippen LogP contribution in [0.15, 0.2) is 106 Å². The largest absolute Gasteiger partial charge is 0.489 e. The second-order valence-electron chi connectivity index (χ2n) is 15.7. The Morgan fingerprint density at radius 2 is 1.09 bits per heavy atom. The Hall–Kier alpha value is -8.04. The van der Waals surface area contributed by atoms with Crippen LogP contribution >= 0.6 is 0 Å². The van der Waals surface area contributed by atoms with Crippen molar-refractivity contribution >= 4 is 33.7 Å². The molecule has 0 unspecified atom stereocenters. The number of nitriles is 2. The molecule has 0 aliphatic heterocycles. The number of benzene rings is 4. The molecule has 0 aliphatic carbocycles. The topological polar surface area (TPSA) is 197 Å². The van der Waals surface area contributed by atoms with E-state index in [1.807, 2.05) is 97.8 Å². The van der Waals surface area contributed by atoms with Crippen molar-refractivity contribution in [2.24, 2.45) is 0 Å². The molecule has 0 amide bonds. The summed E-state index contributed by atoms with van der Waals surface area (Å²) in [5, 5.41) is 29.7. The molecular weight excluding hydrogens is 825 g/mol. The van der Waals surface area contributed by atoms with Gasteiger partial charge in [0.1, 0.15) is 23.6 Å². The van der Waals surface area contributed by atoms with Gasteiger partial charge in [0, 0.05) is 82.4 Å². The minimum atomic E-state index is -0.569. The second-order valence-corrected chi connectivity index (χ2v) is 15.7. The van der Waals surface area contributed by atoms with Crippen LogP contribution in [-0.2, 0) is 27.4 Å². The predicted octanol–water partition coefficient (Wildman–Crippen LogP) is 10.5. The molecule has 4 aromatic heterocycles. The first-order chi connectivity index (χ1) is 31.7. The first kappa shape index (κ1) is 43.6. The summed E-state index contributed by atoms with van der Waals surface area (Å²) in [6, 6.07) is 30.3. The Morgan fingerprint density at radius 1 is 0.646 bits per heavy atom. The molecule has 0 N–H and O–H groups in total. The molecule has 15 heteroatoms. The number of aryl methyl sites for hydroxylation is 2. The Bertz CT molecular complexity index is 2880. The van der Waals surface area contributed by atoms with E-state index in [9.17, 15) is 20.1 Å². The molecule has 0 saturated heterocycles. The average molecular weight is 871 g/mol. The molecule has 4 heterocycles. The first-order valence-electron chi connectivity index (χ1n) is 21.7. The van der Waals surface area contributed by atoms with Gasteiger partial charge in [0.2, 0.25) is 11.6 Å². The van der Waals surface area contributed by atoms with Crippen molar-refractivity contribution in [3.8, 4) is 69.3 Å². The van der Waals surface area contributed by atoms with Crippen LogP contribution in [0.5, 0.6) is 11.5 Å². The highest BCUT2D eigenvalue weighted by atomic mass is 16.6. The Labute approximate surface area is 374 Å². The van der Waals surface area contributed by atoms with Crippen LogP contribution in [0, 0.1) is 22.7 Å². The summed E-state index contributed by atoms with van der Waals surface area (Å²) in [5.41, 5.74) is 5.38. The zero-order valence-electron chi connectivity index (χ0n) is 36.5. The van der Waals surface area contributed by atoms with Crippen LogP contribution in [0.1, 0.15) is 77.3 Å². The third-order valence-electron chi connectivity index (χ3n) is 11.2. The average Bonchev–Trinajstić information content (AvgIpc) is 4.17. The molecule has 65 heavy (non-hydrogen) atoms. The van der Waals surface area contributed by atoms with Gasteiger partial charge in [0.25, 0.3) is 11.8 Å². The van der Waals surface area contributed by atoms with E-state index in [0.717, 1.165) is 45.8 Å². The van der Waals surface area contributed by atoms with Crippen molar-refractivity contribution in [3.63, 3.8) is 0 Å². The van der Waals surface area contributed by atoms with Crippen LogP contribution in [0.25, 0.3) is 67.5 Å². The number of ether oxygens (including phenoxy) is 3.